The highest BCUT2D eigenvalue weighted by Crippen LogP contribution is 2.33. The first-order chi connectivity index (χ1) is 9.63. The molecule has 20 heavy (non-hydrogen) atoms. The highest BCUT2D eigenvalue weighted by Gasteiger charge is 2.20. The monoisotopic (exact) mass is 288 g/mol. The number of halogens is 1. The first-order valence-electron chi connectivity index (χ1n) is 6.39. The lowest BCUT2D eigenvalue weighted by Gasteiger charge is -2.08. The first kappa shape index (κ1) is 13.1. The summed E-state index contributed by atoms with van der Waals surface area (Å²) < 4.78 is 5.59. The van der Waals surface area contributed by atoms with Crippen molar-refractivity contribution in [3.8, 4) is 5.75 Å². The van der Waals surface area contributed by atoms with Gasteiger partial charge in [0.25, 0.3) is 0 Å². The van der Waals surface area contributed by atoms with E-state index in [1.165, 1.54) is 0 Å². The van der Waals surface area contributed by atoms with E-state index in [-0.39, 0.29) is 18.0 Å². The number of hydrogen-bond acceptors (Lipinski definition) is 4. The van der Waals surface area contributed by atoms with E-state index >= 15 is 0 Å². The van der Waals surface area contributed by atoms with Crippen LogP contribution in [0.2, 0.25) is 5.02 Å². The van der Waals surface area contributed by atoms with Crippen LogP contribution < -0.4 is 4.74 Å². The number of aryl methyl sites for hydroxylation is 1. The number of aromatic nitrogens is 2. The van der Waals surface area contributed by atoms with E-state index in [1.54, 1.807) is 18.5 Å². The fourth-order valence-corrected chi connectivity index (χ4v) is 2.53. The van der Waals surface area contributed by atoms with Gasteiger partial charge in [0.15, 0.2) is 5.82 Å². The molecule has 2 heterocycles. The minimum absolute atomic E-state index is 0.134. The molecule has 0 amide bonds. The minimum atomic E-state index is -0.134. The van der Waals surface area contributed by atoms with Crippen LogP contribution in [0, 0.1) is 6.92 Å². The molecular weight excluding hydrogens is 276 g/mol. The van der Waals surface area contributed by atoms with Gasteiger partial charge in [-0.15, -0.1) is 0 Å². The molecule has 1 aliphatic heterocycles. The number of ketones is 1. The second kappa shape index (κ2) is 5.21. The maximum absolute atomic E-state index is 12.2. The zero-order valence-electron chi connectivity index (χ0n) is 11.0. The largest absolute Gasteiger partial charge is 0.493 e. The summed E-state index contributed by atoms with van der Waals surface area (Å²) in [5.41, 5.74) is 2.79. The van der Waals surface area contributed by atoms with Crippen molar-refractivity contribution >= 4 is 17.4 Å². The second-order valence-corrected chi connectivity index (χ2v) is 5.27. The number of nitrogens with zero attached hydrogens (tertiary/aromatic N) is 2. The van der Waals surface area contributed by atoms with Gasteiger partial charge in [-0.2, -0.15) is 0 Å². The van der Waals surface area contributed by atoms with Crippen molar-refractivity contribution in [2.45, 2.75) is 19.8 Å². The zero-order chi connectivity index (χ0) is 14.1. The molecule has 1 aliphatic rings. The first-order valence-corrected chi connectivity index (χ1v) is 6.77. The van der Waals surface area contributed by atoms with Crippen LogP contribution in [0.5, 0.6) is 5.75 Å². The Morgan fingerprint density at radius 3 is 2.85 bits per heavy atom. The third-order valence-electron chi connectivity index (χ3n) is 3.21. The number of fused-ring (bicyclic) bond motifs is 1. The summed E-state index contributed by atoms with van der Waals surface area (Å²) in [7, 11) is 0. The molecule has 0 radical (unpaired) electrons. The summed E-state index contributed by atoms with van der Waals surface area (Å²) in [5.74, 6) is 0.877. The molecule has 5 heteroatoms. The van der Waals surface area contributed by atoms with Crippen LogP contribution in [-0.4, -0.2) is 22.4 Å². The van der Waals surface area contributed by atoms with Crippen molar-refractivity contribution in [1.29, 1.82) is 0 Å². The van der Waals surface area contributed by atoms with E-state index in [0.717, 1.165) is 28.9 Å². The second-order valence-electron chi connectivity index (χ2n) is 4.84. The molecule has 0 atom stereocenters. The normalized spacial score (nSPS) is 12.9. The molecule has 0 unspecified atom stereocenters. The number of Topliss-reactive ketones (excluding diaryl/α,β-unsaturated/α-hetero) is 1. The lowest BCUT2D eigenvalue weighted by Crippen LogP contribution is -2.09. The molecule has 3 rings (SSSR count). The van der Waals surface area contributed by atoms with Crippen LogP contribution in [0.3, 0.4) is 0 Å². The Morgan fingerprint density at radius 2 is 2.10 bits per heavy atom. The SMILES string of the molecule is Cc1cnc(C(=O)Cc2cc(Cl)cc3c2OCC3)nc1. The van der Waals surface area contributed by atoms with Crippen molar-refractivity contribution in [2.24, 2.45) is 0 Å². The Labute approximate surface area is 121 Å². The van der Waals surface area contributed by atoms with E-state index in [9.17, 15) is 4.79 Å². The quantitative estimate of drug-likeness (QED) is 0.815. The van der Waals surface area contributed by atoms with Crippen LogP contribution in [0.4, 0.5) is 0 Å². The van der Waals surface area contributed by atoms with Gasteiger partial charge in [0, 0.05) is 35.8 Å². The van der Waals surface area contributed by atoms with Crippen molar-refractivity contribution < 1.29 is 9.53 Å². The highest BCUT2D eigenvalue weighted by molar-refractivity contribution is 6.30. The van der Waals surface area contributed by atoms with Gasteiger partial charge in [-0.05, 0) is 30.2 Å². The number of ether oxygens (including phenoxy) is 1. The standard InChI is InChI=1S/C15H13ClN2O2/c1-9-7-17-15(18-8-9)13(19)6-11-5-12(16)4-10-2-3-20-14(10)11/h4-5,7-8H,2-3,6H2,1H3. The van der Waals surface area contributed by atoms with Crippen molar-refractivity contribution in [2.75, 3.05) is 6.61 Å². The molecule has 1 aromatic carbocycles. The highest BCUT2D eigenvalue weighted by atomic mass is 35.5. The zero-order valence-corrected chi connectivity index (χ0v) is 11.8. The maximum atomic E-state index is 12.2. The van der Waals surface area contributed by atoms with Crippen LogP contribution in [-0.2, 0) is 12.8 Å². The molecular formula is C15H13ClN2O2. The van der Waals surface area contributed by atoms with Gasteiger partial charge in [-0.1, -0.05) is 11.6 Å². The Balaban J connectivity index is 1.88. The van der Waals surface area contributed by atoms with Gasteiger partial charge >= 0.3 is 0 Å². The van der Waals surface area contributed by atoms with Crippen LogP contribution in [0.1, 0.15) is 27.3 Å². The topological polar surface area (TPSA) is 52.1 Å². The van der Waals surface area contributed by atoms with Gasteiger partial charge in [0.2, 0.25) is 5.78 Å². The van der Waals surface area contributed by atoms with E-state index in [0.29, 0.717) is 11.6 Å². The third kappa shape index (κ3) is 2.51. The Bertz CT molecular complexity index is 668. The Morgan fingerprint density at radius 1 is 1.35 bits per heavy atom. The van der Waals surface area contributed by atoms with Gasteiger partial charge in [0.05, 0.1) is 6.61 Å². The Kier molecular flexibility index (Phi) is 3.40. The molecule has 0 aliphatic carbocycles. The average Bonchev–Trinajstić information content (AvgIpc) is 2.87. The summed E-state index contributed by atoms with van der Waals surface area (Å²) in [4.78, 5) is 20.3. The van der Waals surface area contributed by atoms with E-state index < -0.39 is 0 Å². The maximum Gasteiger partial charge on any atom is 0.204 e. The summed E-state index contributed by atoms with van der Waals surface area (Å²) in [6.07, 6.45) is 4.31. The van der Waals surface area contributed by atoms with E-state index in [1.807, 2.05) is 13.0 Å². The fraction of sp³-hybridized carbons (Fsp3) is 0.267. The molecule has 0 saturated heterocycles. The molecule has 0 N–H and O–H groups in total. The van der Waals surface area contributed by atoms with Crippen LogP contribution in [0.15, 0.2) is 24.5 Å². The van der Waals surface area contributed by atoms with E-state index in [2.05, 4.69) is 9.97 Å². The smallest absolute Gasteiger partial charge is 0.204 e. The van der Waals surface area contributed by atoms with Gasteiger partial charge < -0.3 is 4.74 Å². The molecule has 0 fully saturated rings. The molecule has 102 valence electrons. The summed E-state index contributed by atoms with van der Waals surface area (Å²) in [6.45, 7) is 2.52. The fourth-order valence-electron chi connectivity index (χ4n) is 2.27. The van der Waals surface area contributed by atoms with Gasteiger partial charge in [-0.3, -0.25) is 4.79 Å². The lowest BCUT2D eigenvalue weighted by molar-refractivity contribution is 0.0982. The average molecular weight is 289 g/mol. The molecule has 1 aromatic heterocycles. The van der Waals surface area contributed by atoms with Crippen molar-refractivity contribution in [3.63, 3.8) is 0 Å². The summed E-state index contributed by atoms with van der Waals surface area (Å²) in [5, 5.41) is 0.627. The summed E-state index contributed by atoms with van der Waals surface area (Å²) in [6, 6.07) is 3.66. The van der Waals surface area contributed by atoms with E-state index in [4.69, 9.17) is 16.3 Å². The number of rotatable bonds is 3. The molecule has 2 aromatic rings. The number of benzene rings is 1. The predicted octanol–water partition coefficient (Wildman–Crippen LogP) is 2.80. The van der Waals surface area contributed by atoms with Gasteiger partial charge in [-0.25, -0.2) is 9.97 Å². The van der Waals surface area contributed by atoms with Gasteiger partial charge in [0.1, 0.15) is 5.75 Å². The molecule has 0 saturated carbocycles. The summed E-state index contributed by atoms with van der Waals surface area (Å²) >= 11 is 6.08. The molecule has 0 bridgehead atoms. The number of carbonyl (C=O) groups excluding carboxylic acids is 1. The number of carbonyl (C=O) groups is 1. The third-order valence-corrected chi connectivity index (χ3v) is 3.42. The lowest BCUT2D eigenvalue weighted by atomic mass is 10.0. The number of hydrogen-bond donors (Lipinski definition) is 0. The predicted molar refractivity (Wildman–Crippen MR) is 75.5 cm³/mol. The molecule has 0 spiro atoms. The minimum Gasteiger partial charge on any atom is -0.493 e. The van der Waals surface area contributed by atoms with Crippen molar-refractivity contribution in [1.82, 2.24) is 9.97 Å². The van der Waals surface area contributed by atoms with Crippen LogP contribution >= 0.6 is 11.6 Å². The molecule has 4 nitrogen and oxygen atoms in total. The van der Waals surface area contributed by atoms with Crippen molar-refractivity contribution in [3.05, 3.63) is 52.1 Å². The van der Waals surface area contributed by atoms with Crippen LogP contribution in [0.25, 0.3) is 0 Å². The Hall–Kier alpha value is -1.94.